The van der Waals surface area contributed by atoms with Crippen LogP contribution in [0.2, 0.25) is 5.02 Å². The Labute approximate surface area is 130 Å². The lowest BCUT2D eigenvalue weighted by molar-refractivity contribution is -0.385. The minimum absolute atomic E-state index is 0.199. The number of carbonyl (C=O) groups is 1. The lowest BCUT2D eigenvalue weighted by atomic mass is 10.3. The van der Waals surface area contributed by atoms with Crippen molar-refractivity contribution in [3.8, 4) is 0 Å². The monoisotopic (exact) mass is 321 g/mol. The molecule has 0 unspecified atom stereocenters. The fourth-order valence-electron chi connectivity index (χ4n) is 1.90. The van der Waals surface area contributed by atoms with E-state index in [0.717, 1.165) is 10.8 Å². The molecular weight excluding hydrogens is 310 g/mol. The van der Waals surface area contributed by atoms with Gasteiger partial charge in [-0.25, -0.2) is 0 Å². The van der Waals surface area contributed by atoms with Crippen LogP contribution in [0.5, 0.6) is 0 Å². The first kappa shape index (κ1) is 15.7. The molecule has 0 fully saturated rings. The molecule has 1 aromatic heterocycles. The number of pyridine rings is 1. The highest BCUT2D eigenvalue weighted by Gasteiger charge is 2.13. The summed E-state index contributed by atoms with van der Waals surface area (Å²) in [6, 6.07) is 7.70. The fourth-order valence-corrected chi connectivity index (χ4v) is 2.09. The van der Waals surface area contributed by atoms with Gasteiger partial charge in [0.25, 0.3) is 11.2 Å². The van der Waals surface area contributed by atoms with Crippen molar-refractivity contribution in [3.05, 3.63) is 67.6 Å². The Morgan fingerprint density at radius 3 is 2.77 bits per heavy atom. The third kappa shape index (κ3) is 3.70. The normalized spacial score (nSPS) is 10.3. The fraction of sp³-hybridized carbons (Fsp3) is 0.143. The van der Waals surface area contributed by atoms with Crippen LogP contribution in [0.3, 0.4) is 0 Å². The number of amides is 1. The first-order chi connectivity index (χ1) is 10.4. The molecule has 0 atom stereocenters. The third-order valence-corrected chi connectivity index (χ3v) is 3.12. The predicted octanol–water partition coefficient (Wildman–Crippen LogP) is 2.36. The van der Waals surface area contributed by atoms with Gasteiger partial charge < -0.3 is 5.32 Å². The number of aromatic nitrogens is 1. The SMILES string of the molecule is Cc1cc([N+](=O)[O-])cn(CC(=O)Nc2cccc(Cl)c2)c1=O. The van der Waals surface area contributed by atoms with Crippen LogP contribution >= 0.6 is 11.6 Å². The number of nitrogens with one attached hydrogen (secondary N) is 1. The summed E-state index contributed by atoms with van der Waals surface area (Å²) in [6.07, 6.45) is 1.05. The van der Waals surface area contributed by atoms with Gasteiger partial charge in [-0.1, -0.05) is 17.7 Å². The first-order valence-electron chi connectivity index (χ1n) is 6.27. The van der Waals surface area contributed by atoms with Crippen LogP contribution in [0.15, 0.2) is 41.3 Å². The molecule has 7 nitrogen and oxygen atoms in total. The zero-order chi connectivity index (χ0) is 16.3. The van der Waals surface area contributed by atoms with E-state index in [9.17, 15) is 19.7 Å². The van der Waals surface area contributed by atoms with Crippen molar-refractivity contribution in [1.29, 1.82) is 0 Å². The molecule has 0 spiro atoms. The van der Waals surface area contributed by atoms with Gasteiger partial charge in [-0.3, -0.25) is 24.3 Å². The maximum absolute atomic E-state index is 12.0. The Bertz CT molecular complexity index is 801. The Kier molecular flexibility index (Phi) is 4.57. The van der Waals surface area contributed by atoms with Crippen LogP contribution in [0.4, 0.5) is 11.4 Å². The van der Waals surface area contributed by atoms with Gasteiger partial charge in [-0.15, -0.1) is 0 Å². The van der Waals surface area contributed by atoms with Crippen LogP contribution < -0.4 is 10.9 Å². The van der Waals surface area contributed by atoms with Crippen LogP contribution in [-0.4, -0.2) is 15.4 Å². The van der Waals surface area contributed by atoms with E-state index in [0.29, 0.717) is 10.7 Å². The topological polar surface area (TPSA) is 94.2 Å². The van der Waals surface area contributed by atoms with Gasteiger partial charge >= 0.3 is 0 Å². The predicted molar refractivity (Wildman–Crippen MR) is 82.2 cm³/mol. The summed E-state index contributed by atoms with van der Waals surface area (Å²) in [7, 11) is 0. The van der Waals surface area contributed by atoms with E-state index < -0.39 is 16.4 Å². The molecule has 0 aliphatic heterocycles. The van der Waals surface area contributed by atoms with Gasteiger partial charge in [0.1, 0.15) is 6.54 Å². The molecular formula is C14H12ClN3O4. The number of halogens is 1. The summed E-state index contributed by atoms with van der Waals surface area (Å²) >= 11 is 5.81. The van der Waals surface area contributed by atoms with Crippen molar-refractivity contribution in [2.75, 3.05) is 5.32 Å². The van der Waals surface area contributed by atoms with Gasteiger partial charge in [-0.05, 0) is 25.1 Å². The molecule has 0 bridgehead atoms. The smallest absolute Gasteiger partial charge is 0.286 e. The molecule has 114 valence electrons. The van der Waals surface area contributed by atoms with Gasteiger partial charge in [0.15, 0.2) is 0 Å². The van der Waals surface area contributed by atoms with Crippen LogP contribution in [0, 0.1) is 17.0 Å². The van der Waals surface area contributed by atoms with Gasteiger partial charge in [0.2, 0.25) is 5.91 Å². The molecule has 22 heavy (non-hydrogen) atoms. The minimum atomic E-state index is -0.613. The maximum Gasteiger partial charge on any atom is 0.286 e. The quantitative estimate of drug-likeness (QED) is 0.690. The molecule has 8 heteroatoms. The number of rotatable bonds is 4. The molecule has 2 rings (SSSR count). The summed E-state index contributed by atoms with van der Waals surface area (Å²) in [5.41, 5.74) is -0.0167. The second kappa shape index (κ2) is 6.40. The second-order valence-electron chi connectivity index (χ2n) is 4.63. The van der Waals surface area contributed by atoms with E-state index in [1.165, 1.54) is 13.0 Å². The van der Waals surface area contributed by atoms with Gasteiger partial charge in [0.05, 0.1) is 11.1 Å². The van der Waals surface area contributed by atoms with E-state index in [2.05, 4.69) is 5.32 Å². The van der Waals surface area contributed by atoms with Crippen LogP contribution in [0.25, 0.3) is 0 Å². The molecule has 0 saturated carbocycles. The highest BCUT2D eigenvalue weighted by molar-refractivity contribution is 6.30. The Morgan fingerprint density at radius 2 is 2.14 bits per heavy atom. The lowest BCUT2D eigenvalue weighted by Crippen LogP contribution is -2.28. The van der Waals surface area contributed by atoms with E-state index in [1.54, 1.807) is 24.3 Å². The first-order valence-corrected chi connectivity index (χ1v) is 6.65. The van der Waals surface area contributed by atoms with E-state index in [-0.39, 0.29) is 17.8 Å². The highest BCUT2D eigenvalue weighted by atomic mass is 35.5. The van der Waals surface area contributed by atoms with E-state index in [4.69, 9.17) is 11.6 Å². The molecule has 1 aromatic carbocycles. The number of aryl methyl sites for hydroxylation is 1. The van der Waals surface area contributed by atoms with Crippen molar-refractivity contribution in [2.24, 2.45) is 0 Å². The molecule has 0 aliphatic rings. The number of hydrogen-bond donors (Lipinski definition) is 1. The molecule has 1 heterocycles. The number of nitrogens with zero attached hydrogens (tertiary/aromatic N) is 2. The summed E-state index contributed by atoms with van der Waals surface area (Å²) in [6.45, 7) is 1.13. The van der Waals surface area contributed by atoms with Crippen molar-refractivity contribution < 1.29 is 9.72 Å². The second-order valence-corrected chi connectivity index (χ2v) is 5.07. The summed E-state index contributed by atoms with van der Waals surface area (Å²) < 4.78 is 1.01. The average Bonchev–Trinajstić information content (AvgIpc) is 2.43. The van der Waals surface area contributed by atoms with Gasteiger partial charge in [-0.2, -0.15) is 0 Å². The third-order valence-electron chi connectivity index (χ3n) is 2.88. The molecule has 0 radical (unpaired) electrons. The summed E-state index contributed by atoms with van der Waals surface area (Å²) in [4.78, 5) is 34.1. The lowest BCUT2D eigenvalue weighted by Gasteiger charge is -2.08. The molecule has 1 amide bonds. The maximum atomic E-state index is 12.0. The Balaban J connectivity index is 2.21. The van der Waals surface area contributed by atoms with Crippen LogP contribution in [-0.2, 0) is 11.3 Å². The Morgan fingerprint density at radius 1 is 1.41 bits per heavy atom. The average molecular weight is 322 g/mol. The largest absolute Gasteiger partial charge is 0.324 e. The number of anilines is 1. The molecule has 0 aliphatic carbocycles. The van der Waals surface area contributed by atoms with E-state index in [1.807, 2.05) is 0 Å². The molecule has 1 N–H and O–H groups in total. The summed E-state index contributed by atoms with van der Waals surface area (Å²) in [5.74, 6) is -0.482. The van der Waals surface area contributed by atoms with Crippen molar-refractivity contribution in [1.82, 2.24) is 4.57 Å². The van der Waals surface area contributed by atoms with Crippen LogP contribution in [0.1, 0.15) is 5.56 Å². The zero-order valence-electron chi connectivity index (χ0n) is 11.6. The summed E-state index contributed by atoms with van der Waals surface area (Å²) in [5, 5.41) is 13.8. The highest BCUT2D eigenvalue weighted by Crippen LogP contribution is 2.15. The number of hydrogen-bond acceptors (Lipinski definition) is 4. The minimum Gasteiger partial charge on any atom is -0.324 e. The molecule has 2 aromatic rings. The Hall–Kier alpha value is -2.67. The van der Waals surface area contributed by atoms with Crippen molar-refractivity contribution in [3.63, 3.8) is 0 Å². The van der Waals surface area contributed by atoms with Gasteiger partial charge in [0, 0.05) is 22.3 Å². The van der Waals surface area contributed by atoms with Crippen molar-refractivity contribution in [2.45, 2.75) is 13.5 Å². The zero-order valence-corrected chi connectivity index (χ0v) is 12.3. The van der Waals surface area contributed by atoms with E-state index >= 15 is 0 Å². The van der Waals surface area contributed by atoms with Crippen molar-refractivity contribution >= 4 is 28.9 Å². The molecule has 0 saturated heterocycles. The number of nitro groups is 1. The number of benzene rings is 1. The number of carbonyl (C=O) groups excluding carboxylic acids is 1. The standard InChI is InChI=1S/C14H12ClN3O4/c1-9-5-12(18(21)22)7-17(14(9)20)8-13(19)16-11-4-2-3-10(15)6-11/h2-7H,8H2,1H3,(H,16,19).